The quantitative estimate of drug-likeness (QED) is 0.292. The van der Waals surface area contributed by atoms with E-state index in [9.17, 15) is 14.7 Å². The number of rotatable bonds is 8. The molecular formula is C32H37N7O5S. The van der Waals surface area contributed by atoms with Gasteiger partial charge in [-0.05, 0) is 56.7 Å². The molecule has 3 aliphatic rings. The Labute approximate surface area is 264 Å². The summed E-state index contributed by atoms with van der Waals surface area (Å²) in [7, 11) is 0. The molecule has 2 N–H and O–H groups in total. The molecule has 2 saturated carbocycles. The normalized spacial score (nSPS) is 25.4. The van der Waals surface area contributed by atoms with E-state index in [1.165, 1.54) is 17.6 Å². The fourth-order valence-corrected chi connectivity index (χ4v) is 7.53. The van der Waals surface area contributed by atoms with Crippen LogP contribution in [-0.2, 0) is 16.1 Å². The summed E-state index contributed by atoms with van der Waals surface area (Å²) in [5.74, 6) is 0.925. The number of aryl methyl sites for hydroxylation is 1. The first-order chi connectivity index (χ1) is 21.8. The largest absolute Gasteiger partial charge is 0.448 e. The van der Waals surface area contributed by atoms with Crippen molar-refractivity contribution in [3.8, 4) is 11.1 Å². The van der Waals surface area contributed by atoms with Crippen molar-refractivity contribution in [3.63, 3.8) is 0 Å². The average molecular weight is 632 g/mol. The van der Waals surface area contributed by atoms with Crippen LogP contribution >= 0.6 is 11.3 Å². The van der Waals surface area contributed by atoms with Crippen LogP contribution < -0.4 is 5.32 Å². The van der Waals surface area contributed by atoms with Crippen molar-refractivity contribution in [2.24, 2.45) is 5.92 Å². The van der Waals surface area contributed by atoms with Crippen molar-refractivity contribution in [1.82, 2.24) is 29.7 Å². The maximum absolute atomic E-state index is 13.1. The van der Waals surface area contributed by atoms with Gasteiger partial charge in [0.25, 0.3) is 5.91 Å². The molecule has 1 aromatic carbocycles. The fourth-order valence-electron chi connectivity index (χ4n) is 6.62. The van der Waals surface area contributed by atoms with E-state index in [1.807, 2.05) is 23.1 Å². The number of anilines is 1. The lowest BCUT2D eigenvalue weighted by Gasteiger charge is -2.49. The lowest BCUT2D eigenvalue weighted by Crippen LogP contribution is -2.60. The van der Waals surface area contributed by atoms with E-state index in [0.717, 1.165) is 60.0 Å². The number of amides is 2. The smallest absolute Gasteiger partial charge is 0.275 e. The van der Waals surface area contributed by atoms with Gasteiger partial charge < -0.3 is 24.5 Å². The Morgan fingerprint density at radius 1 is 1.13 bits per heavy atom. The van der Waals surface area contributed by atoms with Crippen LogP contribution in [-0.4, -0.2) is 90.6 Å². The number of piperazine rings is 1. The molecule has 3 aromatic heterocycles. The minimum absolute atomic E-state index is 0.00438. The minimum atomic E-state index is -0.401. The summed E-state index contributed by atoms with van der Waals surface area (Å²) in [5, 5.41) is 13.6. The molecule has 4 heterocycles. The second kappa shape index (κ2) is 12.5. The Kier molecular flexibility index (Phi) is 8.34. The Morgan fingerprint density at radius 2 is 1.96 bits per heavy atom. The van der Waals surface area contributed by atoms with Crippen LogP contribution in [0.3, 0.4) is 0 Å². The van der Waals surface area contributed by atoms with Gasteiger partial charge in [-0.3, -0.25) is 14.5 Å². The molecule has 2 amide bonds. The number of oxazole rings is 1. The van der Waals surface area contributed by atoms with Gasteiger partial charge in [-0.1, -0.05) is 17.4 Å². The van der Waals surface area contributed by atoms with Crippen LogP contribution in [0.25, 0.3) is 21.3 Å². The Morgan fingerprint density at radius 3 is 2.67 bits per heavy atom. The predicted octanol–water partition coefficient (Wildman–Crippen LogP) is 4.04. The molecule has 1 saturated heterocycles. The molecule has 45 heavy (non-hydrogen) atoms. The predicted molar refractivity (Wildman–Crippen MR) is 168 cm³/mol. The first-order valence-corrected chi connectivity index (χ1v) is 16.4. The lowest BCUT2D eigenvalue weighted by atomic mass is 9.78. The Bertz CT molecular complexity index is 1680. The number of aliphatic hydroxyl groups excluding tert-OH is 1. The van der Waals surface area contributed by atoms with E-state index in [2.05, 4.69) is 37.1 Å². The minimum Gasteiger partial charge on any atom is -0.448 e. The number of nitrogens with zero attached hydrogens (tertiary/aromatic N) is 6. The lowest BCUT2D eigenvalue weighted by molar-refractivity contribution is -0.125. The molecule has 13 heteroatoms. The number of carbonyl (C=O) groups excluding carboxylic acids is 2. The molecule has 236 valence electrons. The number of benzene rings is 1. The number of hydrogen-bond acceptors (Lipinski definition) is 11. The molecular weight excluding hydrogens is 594 g/mol. The molecule has 0 bridgehead atoms. The highest BCUT2D eigenvalue weighted by atomic mass is 32.1. The third-order valence-electron chi connectivity index (χ3n) is 9.26. The number of fused-ring (bicyclic) bond motifs is 1. The van der Waals surface area contributed by atoms with E-state index in [1.54, 1.807) is 19.3 Å². The number of hydrogen-bond donors (Lipinski definition) is 2. The van der Waals surface area contributed by atoms with Crippen molar-refractivity contribution < 1.29 is 23.8 Å². The molecule has 2 aliphatic carbocycles. The summed E-state index contributed by atoms with van der Waals surface area (Å²) >= 11 is 1.46. The van der Waals surface area contributed by atoms with Crippen LogP contribution in [0, 0.1) is 12.8 Å². The van der Waals surface area contributed by atoms with Gasteiger partial charge in [0.15, 0.2) is 22.5 Å². The average Bonchev–Trinajstić information content (AvgIpc) is 3.74. The molecule has 7 rings (SSSR count). The summed E-state index contributed by atoms with van der Waals surface area (Å²) in [5.41, 5.74) is 3.03. The zero-order valence-electron chi connectivity index (χ0n) is 25.4. The van der Waals surface area contributed by atoms with Gasteiger partial charge in [-0.25, -0.2) is 19.9 Å². The van der Waals surface area contributed by atoms with Crippen molar-refractivity contribution in [1.29, 1.82) is 0 Å². The number of thiazole rings is 1. The topological polar surface area (TPSA) is 147 Å². The van der Waals surface area contributed by atoms with Gasteiger partial charge in [0.05, 0.1) is 22.4 Å². The summed E-state index contributed by atoms with van der Waals surface area (Å²) < 4.78 is 12.0. The Hall–Kier alpha value is -3.78. The third kappa shape index (κ3) is 6.35. The monoisotopic (exact) mass is 631 g/mol. The van der Waals surface area contributed by atoms with Gasteiger partial charge in [-0.2, -0.15) is 0 Å². The zero-order valence-corrected chi connectivity index (χ0v) is 26.2. The van der Waals surface area contributed by atoms with Gasteiger partial charge >= 0.3 is 0 Å². The summed E-state index contributed by atoms with van der Waals surface area (Å²) in [6, 6.07) is 6.50. The molecule has 1 aliphatic heterocycles. The van der Waals surface area contributed by atoms with E-state index >= 15 is 0 Å². The van der Waals surface area contributed by atoms with Crippen molar-refractivity contribution >= 4 is 38.5 Å². The maximum Gasteiger partial charge on any atom is 0.275 e. The van der Waals surface area contributed by atoms with Crippen LogP contribution in [0.5, 0.6) is 0 Å². The van der Waals surface area contributed by atoms with Gasteiger partial charge in [0, 0.05) is 62.5 Å². The van der Waals surface area contributed by atoms with Crippen molar-refractivity contribution in [3.05, 3.63) is 54.3 Å². The highest BCUT2D eigenvalue weighted by Crippen LogP contribution is 2.36. The number of carbonyl (C=O) groups is 2. The van der Waals surface area contributed by atoms with Crippen LogP contribution in [0.15, 0.2) is 41.3 Å². The first-order valence-electron chi connectivity index (χ1n) is 15.6. The number of ether oxygens (including phenoxy) is 1. The van der Waals surface area contributed by atoms with E-state index in [4.69, 9.17) is 9.15 Å². The van der Waals surface area contributed by atoms with Crippen molar-refractivity contribution in [2.45, 2.75) is 76.9 Å². The summed E-state index contributed by atoms with van der Waals surface area (Å²) in [6.45, 7) is 6.17. The highest BCUT2D eigenvalue weighted by Gasteiger charge is 2.42. The molecule has 0 spiro atoms. The van der Waals surface area contributed by atoms with Crippen molar-refractivity contribution in [2.75, 3.05) is 25.0 Å². The fraction of sp³-hybridized carbons (Fsp3) is 0.500. The standard InChI is InChI=1S/C32H37N7O5S/c1-18-15-38(31(42)25-16-43-19(2)35-25)8-9-39(18)23-10-21(11-23)30(41)37-32-36-24-7-6-20(12-28(24)45-32)22-13-33-29(34-14-22)17-44-27-5-3-4-26(27)40/h6-7,12-14,16,18,21,23,26-27,40H,3-5,8-11,15,17H2,1-2H3,(H,36,37,41)/t18-,21?,23?,26-,27-/m0/s1. The van der Waals surface area contributed by atoms with Crippen LogP contribution in [0.1, 0.15) is 61.2 Å². The third-order valence-corrected chi connectivity index (χ3v) is 10.2. The maximum atomic E-state index is 13.1. The molecule has 0 unspecified atom stereocenters. The van der Waals surface area contributed by atoms with E-state index in [-0.39, 0.29) is 36.5 Å². The molecule has 3 fully saturated rings. The second-order valence-electron chi connectivity index (χ2n) is 12.3. The number of aliphatic hydroxyl groups is 1. The number of aromatic nitrogens is 4. The van der Waals surface area contributed by atoms with Gasteiger partial charge in [0.2, 0.25) is 5.91 Å². The molecule has 4 aromatic rings. The molecule has 0 radical (unpaired) electrons. The van der Waals surface area contributed by atoms with E-state index in [0.29, 0.717) is 41.7 Å². The second-order valence-corrected chi connectivity index (χ2v) is 13.4. The van der Waals surface area contributed by atoms with Crippen LogP contribution in [0.2, 0.25) is 0 Å². The van der Waals surface area contributed by atoms with E-state index < -0.39 is 6.10 Å². The van der Waals surface area contributed by atoms with Gasteiger partial charge in [0.1, 0.15) is 12.9 Å². The summed E-state index contributed by atoms with van der Waals surface area (Å²) in [4.78, 5) is 47.8. The molecule has 3 atom stereocenters. The molecule has 12 nitrogen and oxygen atoms in total. The summed E-state index contributed by atoms with van der Waals surface area (Å²) in [6.07, 6.45) is 8.67. The Balaban J connectivity index is 0.904. The number of nitrogens with one attached hydrogen (secondary N) is 1. The highest BCUT2D eigenvalue weighted by molar-refractivity contribution is 7.22. The first kappa shape index (κ1) is 29.9. The van der Waals surface area contributed by atoms with Crippen LogP contribution in [0.4, 0.5) is 5.13 Å². The SMILES string of the molecule is Cc1nc(C(=O)N2CCN(C3CC(C(=O)Nc4nc5ccc(-c6cnc(CO[C@H]7CCC[C@@H]7O)nc6)cc5s4)C3)[C@@H](C)C2)co1. The zero-order chi connectivity index (χ0) is 31.1. The van der Waals surface area contributed by atoms with Gasteiger partial charge in [-0.15, -0.1) is 0 Å².